The molecule has 8 nitrogen and oxygen atoms in total. The molecule has 90 valence electrons. The maximum absolute atomic E-state index is 11.1. The van der Waals surface area contributed by atoms with Gasteiger partial charge in [0.15, 0.2) is 5.78 Å². The fourth-order valence-electron chi connectivity index (χ4n) is 1.25. The lowest BCUT2D eigenvalue weighted by Gasteiger charge is -2.06. The molecule has 0 heterocycles. The largest absolute Gasteiger partial charge is 0.501 e. The lowest BCUT2D eigenvalue weighted by molar-refractivity contribution is -0.386. The lowest BCUT2D eigenvalue weighted by Crippen LogP contribution is -2.04. The van der Waals surface area contributed by atoms with E-state index in [4.69, 9.17) is 5.11 Å². The van der Waals surface area contributed by atoms with Crippen molar-refractivity contribution in [2.75, 3.05) is 0 Å². The van der Waals surface area contributed by atoms with Crippen molar-refractivity contribution >= 4 is 17.4 Å². The van der Waals surface area contributed by atoms with Gasteiger partial charge in [0.05, 0.1) is 10.5 Å². The monoisotopic (exact) mass is 241 g/mol. The smallest absolute Gasteiger partial charge is 0.353 e. The molecule has 1 aromatic rings. The molecule has 1 aromatic carbocycles. The number of Topliss-reactive ketones (excluding diaryl/α,β-unsaturated/α-hetero) is 1. The third-order valence-corrected chi connectivity index (χ3v) is 2.04. The number of nitro groups is 1. The highest BCUT2D eigenvalue weighted by molar-refractivity contribution is 6.03. The van der Waals surface area contributed by atoms with Crippen molar-refractivity contribution in [1.29, 1.82) is 0 Å². The van der Waals surface area contributed by atoms with Crippen LogP contribution in [0.2, 0.25) is 0 Å². The summed E-state index contributed by atoms with van der Waals surface area (Å²) >= 11 is 0. The molecule has 0 bridgehead atoms. The zero-order chi connectivity index (χ0) is 13.3. The summed E-state index contributed by atoms with van der Waals surface area (Å²) in [4.78, 5) is 31.2. The van der Waals surface area contributed by atoms with Gasteiger partial charge in [-0.15, -0.1) is 0 Å². The summed E-state index contributed by atoms with van der Waals surface area (Å²) in [5.74, 6) is -4.64. The van der Waals surface area contributed by atoms with Crippen molar-refractivity contribution < 1.29 is 29.8 Å². The first-order valence-electron chi connectivity index (χ1n) is 4.25. The van der Waals surface area contributed by atoms with E-state index in [1.165, 1.54) is 0 Å². The van der Waals surface area contributed by atoms with Crippen LogP contribution in [0.1, 0.15) is 27.6 Å². The number of carboxylic acid groups (broad SMARTS) is 1. The molecule has 0 aliphatic heterocycles. The van der Waals surface area contributed by atoms with Crippen LogP contribution in [-0.2, 0) is 0 Å². The van der Waals surface area contributed by atoms with Crippen molar-refractivity contribution in [3.8, 4) is 11.5 Å². The van der Waals surface area contributed by atoms with Crippen molar-refractivity contribution in [3.63, 3.8) is 0 Å². The second kappa shape index (κ2) is 4.08. The zero-order valence-electron chi connectivity index (χ0n) is 8.50. The van der Waals surface area contributed by atoms with Gasteiger partial charge in [-0.1, -0.05) is 0 Å². The second-order valence-electron chi connectivity index (χ2n) is 3.14. The number of phenolic OH excluding ortho intramolecular Hbond substituents is 1. The van der Waals surface area contributed by atoms with Crippen molar-refractivity contribution in [3.05, 3.63) is 27.3 Å². The zero-order valence-corrected chi connectivity index (χ0v) is 8.50. The molecular weight excluding hydrogens is 234 g/mol. The number of hydrogen-bond donors (Lipinski definition) is 3. The van der Waals surface area contributed by atoms with Gasteiger partial charge >= 0.3 is 11.7 Å². The average molecular weight is 241 g/mol. The molecule has 0 saturated heterocycles. The number of hydrogen-bond acceptors (Lipinski definition) is 6. The van der Waals surface area contributed by atoms with Gasteiger partial charge in [-0.2, -0.15) is 0 Å². The van der Waals surface area contributed by atoms with E-state index in [1.807, 2.05) is 0 Å². The Labute approximate surface area is 93.9 Å². The van der Waals surface area contributed by atoms with Gasteiger partial charge in [0, 0.05) is 0 Å². The number of aromatic hydroxyl groups is 2. The van der Waals surface area contributed by atoms with Gasteiger partial charge < -0.3 is 15.3 Å². The normalized spacial score (nSPS) is 9.94. The highest BCUT2D eigenvalue weighted by Crippen LogP contribution is 2.40. The summed E-state index contributed by atoms with van der Waals surface area (Å²) in [6, 6.07) is 0.683. The van der Waals surface area contributed by atoms with E-state index in [1.54, 1.807) is 0 Å². The van der Waals surface area contributed by atoms with Crippen LogP contribution in [0.5, 0.6) is 11.5 Å². The van der Waals surface area contributed by atoms with Gasteiger partial charge in [-0.25, -0.2) is 4.79 Å². The summed E-state index contributed by atoms with van der Waals surface area (Å²) in [6.07, 6.45) is 0. The number of benzene rings is 1. The number of aromatic carboxylic acids is 1. The maximum atomic E-state index is 11.1. The average Bonchev–Trinajstić information content (AvgIpc) is 2.15. The SMILES string of the molecule is CC(=O)c1cc(C(=O)O)c(O)c([N+](=O)[O-])c1O. The molecule has 0 aliphatic rings. The number of phenols is 2. The minimum atomic E-state index is -1.65. The fraction of sp³-hybridized carbons (Fsp3) is 0.111. The first-order valence-corrected chi connectivity index (χ1v) is 4.25. The molecule has 0 atom stereocenters. The van der Waals surface area contributed by atoms with E-state index in [-0.39, 0.29) is 0 Å². The van der Waals surface area contributed by atoms with Crippen LogP contribution in [-0.4, -0.2) is 32.0 Å². The molecule has 17 heavy (non-hydrogen) atoms. The molecule has 0 fully saturated rings. The second-order valence-corrected chi connectivity index (χ2v) is 3.14. The number of ketones is 1. The van der Waals surface area contributed by atoms with Crippen LogP contribution in [0.4, 0.5) is 5.69 Å². The molecule has 0 unspecified atom stereocenters. The number of carbonyl (C=O) groups excluding carboxylic acids is 1. The Hall–Kier alpha value is -2.64. The number of carboxylic acids is 1. The summed E-state index contributed by atoms with van der Waals surface area (Å²) in [6.45, 7) is 1.00. The van der Waals surface area contributed by atoms with Crippen LogP contribution in [0.15, 0.2) is 6.07 Å². The van der Waals surface area contributed by atoms with E-state index in [0.717, 1.165) is 6.92 Å². The van der Waals surface area contributed by atoms with Gasteiger partial charge in [0.25, 0.3) is 0 Å². The summed E-state index contributed by atoms with van der Waals surface area (Å²) < 4.78 is 0. The molecule has 3 N–H and O–H groups in total. The quantitative estimate of drug-likeness (QED) is 0.406. The molecule has 0 aromatic heterocycles. The van der Waals surface area contributed by atoms with E-state index in [0.29, 0.717) is 6.07 Å². The van der Waals surface area contributed by atoms with E-state index >= 15 is 0 Å². The molecule has 0 spiro atoms. The lowest BCUT2D eigenvalue weighted by atomic mass is 10.0. The van der Waals surface area contributed by atoms with E-state index < -0.39 is 45.0 Å². The Morgan fingerprint density at radius 2 is 1.71 bits per heavy atom. The Morgan fingerprint density at radius 1 is 1.24 bits per heavy atom. The maximum Gasteiger partial charge on any atom is 0.353 e. The predicted molar refractivity (Wildman–Crippen MR) is 53.4 cm³/mol. The topological polar surface area (TPSA) is 138 Å². The standard InChI is InChI=1S/C9H7NO7/c1-3(11)4-2-5(9(14)15)8(13)6(7(4)12)10(16)17/h2,12-13H,1H3,(H,14,15). The Kier molecular flexibility index (Phi) is 2.98. The first kappa shape index (κ1) is 12.4. The van der Waals surface area contributed by atoms with Gasteiger partial charge in [-0.05, 0) is 13.0 Å². The van der Waals surface area contributed by atoms with E-state index in [9.17, 15) is 29.9 Å². The van der Waals surface area contributed by atoms with Gasteiger partial charge in [-0.3, -0.25) is 14.9 Å². The summed E-state index contributed by atoms with van der Waals surface area (Å²) in [5.41, 5.74) is -2.55. The van der Waals surface area contributed by atoms with Crippen LogP contribution < -0.4 is 0 Å². The predicted octanol–water partition coefficient (Wildman–Crippen LogP) is 0.907. The molecule has 0 saturated carbocycles. The third kappa shape index (κ3) is 2.00. The molecule has 0 aliphatic carbocycles. The molecule has 8 heteroatoms. The molecule has 0 amide bonds. The highest BCUT2D eigenvalue weighted by Gasteiger charge is 2.30. The van der Waals surface area contributed by atoms with Gasteiger partial charge in [0.1, 0.15) is 5.56 Å². The Balaban J connectivity index is 3.76. The van der Waals surface area contributed by atoms with E-state index in [2.05, 4.69) is 0 Å². The minimum absolute atomic E-state index is 0.535. The summed E-state index contributed by atoms with van der Waals surface area (Å²) in [5, 5.41) is 38.0. The first-order chi connectivity index (χ1) is 7.77. The molecule has 0 radical (unpaired) electrons. The number of rotatable bonds is 3. The van der Waals surface area contributed by atoms with Crippen molar-refractivity contribution in [1.82, 2.24) is 0 Å². The summed E-state index contributed by atoms with van der Waals surface area (Å²) in [7, 11) is 0. The van der Waals surface area contributed by atoms with Gasteiger partial charge in [0.2, 0.25) is 11.5 Å². The highest BCUT2D eigenvalue weighted by atomic mass is 16.6. The Morgan fingerprint density at radius 3 is 2.06 bits per heavy atom. The number of nitro benzene ring substituents is 1. The molecular formula is C9H7NO7. The number of nitrogens with zero attached hydrogens (tertiary/aromatic N) is 1. The van der Waals surface area contributed by atoms with Crippen LogP contribution in [0.25, 0.3) is 0 Å². The van der Waals surface area contributed by atoms with Crippen LogP contribution in [0, 0.1) is 10.1 Å². The minimum Gasteiger partial charge on any atom is -0.501 e. The van der Waals surface area contributed by atoms with Crippen LogP contribution >= 0.6 is 0 Å². The number of carbonyl (C=O) groups is 2. The van der Waals surface area contributed by atoms with Crippen molar-refractivity contribution in [2.45, 2.75) is 6.92 Å². The van der Waals surface area contributed by atoms with Crippen molar-refractivity contribution in [2.24, 2.45) is 0 Å². The third-order valence-electron chi connectivity index (χ3n) is 2.04. The van der Waals surface area contributed by atoms with Crippen LogP contribution in [0.3, 0.4) is 0 Å². The Bertz CT molecular complexity index is 496. The molecule has 1 rings (SSSR count). The fourth-order valence-corrected chi connectivity index (χ4v) is 1.25.